The minimum atomic E-state index is -2.68. The Balaban J connectivity index is 2.84. The molecule has 1 saturated heterocycles. The standard InChI is InChI=1S/C6H13F2N2/c1-9-4-5-10(2,3)6(9,7)8/h4-5H2,1-3H3/q+1. The van der Waals surface area contributed by atoms with Crippen molar-refractivity contribution in [2.45, 2.75) is 6.17 Å². The van der Waals surface area contributed by atoms with Gasteiger partial charge in [0.25, 0.3) is 0 Å². The third-order valence-corrected chi connectivity index (χ3v) is 2.18. The van der Waals surface area contributed by atoms with Crippen LogP contribution in [0.4, 0.5) is 8.78 Å². The number of hydrogen-bond acceptors (Lipinski definition) is 1. The van der Waals surface area contributed by atoms with E-state index in [0.717, 1.165) is 4.90 Å². The Kier molecular flexibility index (Phi) is 1.49. The first-order valence-corrected chi connectivity index (χ1v) is 3.30. The maximum absolute atomic E-state index is 13.0. The molecule has 10 heavy (non-hydrogen) atoms. The summed E-state index contributed by atoms with van der Waals surface area (Å²) in [6, 6.07) is 0. The molecule has 0 aromatic carbocycles. The minimum Gasteiger partial charge on any atom is -0.251 e. The number of alkyl halides is 2. The topological polar surface area (TPSA) is 3.24 Å². The van der Waals surface area contributed by atoms with Gasteiger partial charge in [0.1, 0.15) is 0 Å². The second kappa shape index (κ2) is 1.89. The van der Waals surface area contributed by atoms with Gasteiger partial charge in [0.15, 0.2) is 0 Å². The van der Waals surface area contributed by atoms with Gasteiger partial charge in [-0.3, -0.25) is 4.48 Å². The molecule has 1 aliphatic heterocycles. The first-order chi connectivity index (χ1) is 4.38. The molecule has 0 aliphatic carbocycles. The SMILES string of the molecule is CN1CC[N+](C)(C)C1(F)F. The van der Waals surface area contributed by atoms with Crippen molar-refractivity contribution in [2.75, 3.05) is 34.2 Å². The summed E-state index contributed by atoms with van der Waals surface area (Å²) in [5.41, 5.74) is 0. The molecule has 60 valence electrons. The Morgan fingerprint density at radius 1 is 1.40 bits per heavy atom. The van der Waals surface area contributed by atoms with Gasteiger partial charge in [0.05, 0.1) is 27.2 Å². The quantitative estimate of drug-likeness (QED) is 0.361. The van der Waals surface area contributed by atoms with Gasteiger partial charge < -0.3 is 0 Å². The molecule has 0 amide bonds. The fourth-order valence-corrected chi connectivity index (χ4v) is 1.13. The lowest BCUT2D eigenvalue weighted by Crippen LogP contribution is -2.54. The lowest BCUT2D eigenvalue weighted by Gasteiger charge is -2.31. The van der Waals surface area contributed by atoms with Crippen LogP contribution in [0.15, 0.2) is 0 Å². The smallest absolute Gasteiger partial charge is 0.251 e. The summed E-state index contributed by atoms with van der Waals surface area (Å²) in [6.45, 7) is 0.990. The molecule has 0 N–H and O–H groups in total. The van der Waals surface area contributed by atoms with E-state index in [4.69, 9.17) is 0 Å². The van der Waals surface area contributed by atoms with Crippen LogP contribution in [0.25, 0.3) is 0 Å². The average molecular weight is 151 g/mol. The molecule has 0 aromatic heterocycles. The molecule has 2 nitrogen and oxygen atoms in total. The van der Waals surface area contributed by atoms with Crippen LogP contribution in [0.2, 0.25) is 0 Å². The highest BCUT2D eigenvalue weighted by Gasteiger charge is 2.56. The van der Waals surface area contributed by atoms with Crippen molar-refractivity contribution in [2.24, 2.45) is 0 Å². The molecule has 0 atom stereocenters. The fraction of sp³-hybridized carbons (Fsp3) is 1.00. The molecule has 0 unspecified atom stereocenters. The summed E-state index contributed by atoms with van der Waals surface area (Å²) >= 11 is 0. The summed E-state index contributed by atoms with van der Waals surface area (Å²) in [6.07, 6.45) is -2.68. The van der Waals surface area contributed by atoms with Gasteiger partial charge in [-0.2, -0.15) is 4.90 Å². The van der Waals surface area contributed by atoms with Crippen LogP contribution in [0.5, 0.6) is 0 Å². The fourth-order valence-electron chi connectivity index (χ4n) is 1.13. The maximum Gasteiger partial charge on any atom is 0.461 e. The minimum absolute atomic E-state index is 0.219. The second-order valence-corrected chi connectivity index (χ2v) is 3.34. The van der Waals surface area contributed by atoms with Gasteiger partial charge in [-0.15, -0.1) is 8.78 Å². The van der Waals surface area contributed by atoms with E-state index >= 15 is 0 Å². The summed E-state index contributed by atoms with van der Waals surface area (Å²) in [5.74, 6) is 0. The molecule has 1 rings (SSSR count). The Morgan fingerprint density at radius 2 is 1.90 bits per heavy atom. The van der Waals surface area contributed by atoms with Crippen LogP contribution in [0.3, 0.4) is 0 Å². The van der Waals surface area contributed by atoms with Crippen molar-refractivity contribution < 1.29 is 13.3 Å². The predicted octanol–water partition coefficient (Wildman–Crippen LogP) is 0.558. The van der Waals surface area contributed by atoms with Crippen LogP contribution < -0.4 is 0 Å². The van der Waals surface area contributed by atoms with E-state index in [1.165, 1.54) is 7.05 Å². The van der Waals surface area contributed by atoms with Gasteiger partial charge in [-0.1, -0.05) is 0 Å². The van der Waals surface area contributed by atoms with Crippen molar-refractivity contribution >= 4 is 0 Å². The normalized spacial score (nSPS) is 30.9. The van der Waals surface area contributed by atoms with Gasteiger partial charge in [0, 0.05) is 0 Å². The Bertz CT molecular complexity index is 145. The van der Waals surface area contributed by atoms with Gasteiger partial charge in [-0.05, 0) is 7.05 Å². The highest BCUT2D eigenvalue weighted by molar-refractivity contribution is 4.63. The van der Waals surface area contributed by atoms with Crippen molar-refractivity contribution in [1.29, 1.82) is 0 Å². The molecular formula is C6H13F2N2+. The van der Waals surface area contributed by atoms with Crippen LogP contribution in [0, 0.1) is 0 Å². The number of likely N-dealkylation sites (N-methyl/N-ethyl adjacent to an activating group) is 2. The van der Waals surface area contributed by atoms with E-state index in [9.17, 15) is 8.78 Å². The summed E-state index contributed by atoms with van der Waals surface area (Å²) < 4.78 is 25.8. The summed E-state index contributed by atoms with van der Waals surface area (Å²) in [7, 11) is 4.54. The number of hydrogen-bond donors (Lipinski definition) is 0. The predicted molar refractivity (Wildman–Crippen MR) is 34.6 cm³/mol. The molecule has 1 aliphatic rings. The van der Waals surface area contributed by atoms with Crippen LogP contribution in [-0.4, -0.2) is 49.8 Å². The second-order valence-electron chi connectivity index (χ2n) is 3.34. The third kappa shape index (κ3) is 0.828. The maximum atomic E-state index is 13.0. The van der Waals surface area contributed by atoms with Crippen LogP contribution >= 0.6 is 0 Å². The molecule has 0 saturated carbocycles. The molecule has 0 radical (unpaired) electrons. The third-order valence-electron chi connectivity index (χ3n) is 2.18. The van der Waals surface area contributed by atoms with Crippen molar-refractivity contribution in [3.63, 3.8) is 0 Å². The molecular weight excluding hydrogens is 138 g/mol. The van der Waals surface area contributed by atoms with Crippen molar-refractivity contribution in [3.05, 3.63) is 0 Å². The monoisotopic (exact) mass is 151 g/mol. The lowest BCUT2D eigenvalue weighted by molar-refractivity contribution is -0.972. The molecule has 0 spiro atoms. The zero-order valence-electron chi connectivity index (χ0n) is 6.56. The molecule has 4 heteroatoms. The van der Waals surface area contributed by atoms with Crippen molar-refractivity contribution in [1.82, 2.24) is 4.90 Å². The first-order valence-electron chi connectivity index (χ1n) is 3.30. The lowest BCUT2D eigenvalue weighted by atomic mass is 10.5. The highest BCUT2D eigenvalue weighted by atomic mass is 19.3. The van der Waals surface area contributed by atoms with Gasteiger partial charge in [0.2, 0.25) is 0 Å². The number of halogens is 2. The Morgan fingerprint density at radius 3 is 2.00 bits per heavy atom. The first kappa shape index (κ1) is 7.88. The van der Waals surface area contributed by atoms with Crippen LogP contribution in [0.1, 0.15) is 0 Å². The molecule has 0 bridgehead atoms. The molecule has 0 aromatic rings. The van der Waals surface area contributed by atoms with Crippen LogP contribution in [-0.2, 0) is 0 Å². The van der Waals surface area contributed by atoms with Gasteiger partial charge in [-0.25, -0.2) is 0 Å². The Labute approximate surface area is 59.6 Å². The molecule has 1 heterocycles. The number of quaternary nitrogens is 1. The number of rotatable bonds is 0. The van der Waals surface area contributed by atoms with E-state index in [1.54, 1.807) is 14.1 Å². The summed E-state index contributed by atoms with van der Waals surface area (Å²) in [5, 5.41) is 0. The van der Waals surface area contributed by atoms with E-state index in [-0.39, 0.29) is 4.48 Å². The summed E-state index contributed by atoms with van der Waals surface area (Å²) in [4.78, 5) is 1.09. The molecule has 1 fully saturated rings. The van der Waals surface area contributed by atoms with E-state index in [2.05, 4.69) is 0 Å². The zero-order valence-corrected chi connectivity index (χ0v) is 6.56. The largest absolute Gasteiger partial charge is 0.461 e. The number of nitrogens with zero attached hydrogens (tertiary/aromatic N) is 2. The van der Waals surface area contributed by atoms with E-state index in [1.807, 2.05) is 0 Å². The van der Waals surface area contributed by atoms with Crippen molar-refractivity contribution in [3.8, 4) is 0 Å². The Hall–Kier alpha value is -0.220. The average Bonchev–Trinajstić information content (AvgIpc) is 1.94. The zero-order chi connectivity index (χ0) is 7.99. The van der Waals surface area contributed by atoms with Gasteiger partial charge >= 0.3 is 6.17 Å². The van der Waals surface area contributed by atoms with E-state index in [0.29, 0.717) is 13.1 Å². The highest BCUT2D eigenvalue weighted by Crippen LogP contribution is 2.32. The van der Waals surface area contributed by atoms with E-state index < -0.39 is 6.17 Å².